The first-order chi connectivity index (χ1) is 10.8. The average molecular weight is 344 g/mol. The number of hydrogen-bond acceptors (Lipinski definition) is 5. The van der Waals surface area contributed by atoms with Crippen LogP contribution in [-0.2, 0) is 0 Å². The molecule has 2 aromatic carbocycles. The summed E-state index contributed by atoms with van der Waals surface area (Å²) in [6.45, 7) is 0. The molecule has 0 unspecified atom stereocenters. The van der Waals surface area contributed by atoms with E-state index in [2.05, 4.69) is 21.6 Å². The largest absolute Gasteiger partial charge is 0.330 e. The molecule has 4 rings (SSSR count). The molecule has 0 fully saturated rings. The summed E-state index contributed by atoms with van der Waals surface area (Å²) >= 11 is 9.64. The van der Waals surface area contributed by atoms with Gasteiger partial charge in [-0.15, -0.1) is 21.5 Å². The zero-order valence-corrected chi connectivity index (χ0v) is 13.7. The van der Waals surface area contributed by atoms with Gasteiger partial charge in [0, 0.05) is 15.8 Å². The lowest BCUT2D eigenvalue weighted by Gasteiger charge is -1.99. The van der Waals surface area contributed by atoms with Crippen LogP contribution in [0.3, 0.4) is 0 Å². The SMILES string of the molecule is Clc1c(-c2nnc(Nc3ccccc3)s2)sc2ccccc12. The Morgan fingerprint density at radius 1 is 0.864 bits per heavy atom. The minimum atomic E-state index is 0.753. The van der Waals surface area contributed by atoms with Crippen LogP contribution >= 0.6 is 34.3 Å². The summed E-state index contributed by atoms with van der Waals surface area (Å²) in [6, 6.07) is 18.0. The van der Waals surface area contributed by atoms with Crippen LogP contribution < -0.4 is 5.32 Å². The molecule has 0 spiro atoms. The third-order valence-electron chi connectivity index (χ3n) is 3.18. The molecule has 0 amide bonds. The third-order valence-corrected chi connectivity index (χ3v) is 5.85. The molecule has 0 saturated heterocycles. The molecular formula is C16H10ClN3S2. The van der Waals surface area contributed by atoms with Gasteiger partial charge in [0.05, 0.1) is 9.90 Å². The van der Waals surface area contributed by atoms with Crippen molar-refractivity contribution in [3.8, 4) is 9.88 Å². The monoisotopic (exact) mass is 343 g/mol. The van der Waals surface area contributed by atoms with Crippen molar-refractivity contribution < 1.29 is 0 Å². The minimum Gasteiger partial charge on any atom is -0.330 e. The molecular weight excluding hydrogens is 334 g/mol. The van der Waals surface area contributed by atoms with Gasteiger partial charge in [0.15, 0.2) is 5.01 Å². The maximum Gasteiger partial charge on any atom is 0.210 e. The molecule has 108 valence electrons. The van der Waals surface area contributed by atoms with Gasteiger partial charge in [0.25, 0.3) is 0 Å². The quantitative estimate of drug-likeness (QED) is 0.509. The summed E-state index contributed by atoms with van der Waals surface area (Å²) in [7, 11) is 0. The van der Waals surface area contributed by atoms with E-state index in [0.717, 1.165) is 35.8 Å². The third kappa shape index (κ3) is 2.47. The van der Waals surface area contributed by atoms with E-state index >= 15 is 0 Å². The smallest absolute Gasteiger partial charge is 0.210 e. The molecule has 2 heterocycles. The number of benzene rings is 2. The van der Waals surface area contributed by atoms with E-state index < -0.39 is 0 Å². The highest BCUT2D eigenvalue weighted by atomic mass is 35.5. The van der Waals surface area contributed by atoms with Crippen molar-refractivity contribution in [2.45, 2.75) is 0 Å². The van der Waals surface area contributed by atoms with Crippen LogP contribution in [0.15, 0.2) is 54.6 Å². The van der Waals surface area contributed by atoms with Crippen molar-refractivity contribution >= 4 is 55.2 Å². The van der Waals surface area contributed by atoms with Gasteiger partial charge < -0.3 is 5.32 Å². The van der Waals surface area contributed by atoms with Crippen molar-refractivity contribution in [3.63, 3.8) is 0 Å². The second-order valence-electron chi connectivity index (χ2n) is 4.64. The Labute approximate surface area is 140 Å². The van der Waals surface area contributed by atoms with E-state index in [1.54, 1.807) is 11.3 Å². The fraction of sp³-hybridized carbons (Fsp3) is 0. The van der Waals surface area contributed by atoms with Crippen molar-refractivity contribution in [3.05, 3.63) is 59.6 Å². The minimum absolute atomic E-state index is 0.753. The van der Waals surface area contributed by atoms with E-state index in [9.17, 15) is 0 Å². The Hall–Kier alpha value is -1.95. The first kappa shape index (κ1) is 13.7. The van der Waals surface area contributed by atoms with Crippen LogP contribution in [0.2, 0.25) is 5.02 Å². The van der Waals surface area contributed by atoms with Gasteiger partial charge in [0.1, 0.15) is 0 Å². The molecule has 6 heteroatoms. The molecule has 0 bridgehead atoms. The number of nitrogens with zero attached hydrogens (tertiary/aromatic N) is 2. The molecule has 2 aromatic heterocycles. The highest BCUT2D eigenvalue weighted by Gasteiger charge is 2.16. The van der Waals surface area contributed by atoms with Crippen LogP contribution in [0, 0.1) is 0 Å². The van der Waals surface area contributed by atoms with Gasteiger partial charge >= 0.3 is 0 Å². The standard InChI is InChI=1S/C16H10ClN3S2/c17-13-11-8-4-5-9-12(11)21-14(13)15-19-20-16(22-15)18-10-6-2-1-3-7-10/h1-9H,(H,18,20). The normalized spacial score (nSPS) is 11.0. The van der Waals surface area contributed by atoms with Gasteiger partial charge in [-0.2, -0.15) is 0 Å². The first-order valence-electron chi connectivity index (χ1n) is 6.64. The lowest BCUT2D eigenvalue weighted by atomic mass is 10.2. The van der Waals surface area contributed by atoms with Crippen LogP contribution in [0.25, 0.3) is 20.0 Å². The van der Waals surface area contributed by atoms with Crippen molar-refractivity contribution in [1.29, 1.82) is 0 Å². The van der Waals surface area contributed by atoms with Gasteiger partial charge in [-0.05, 0) is 18.2 Å². The van der Waals surface area contributed by atoms with Crippen molar-refractivity contribution in [2.24, 2.45) is 0 Å². The van der Waals surface area contributed by atoms with Gasteiger partial charge in [-0.3, -0.25) is 0 Å². The van der Waals surface area contributed by atoms with Crippen LogP contribution in [0.5, 0.6) is 0 Å². The summed E-state index contributed by atoms with van der Waals surface area (Å²) < 4.78 is 1.16. The van der Waals surface area contributed by atoms with Gasteiger partial charge in [0.2, 0.25) is 5.13 Å². The Balaban J connectivity index is 1.69. The summed E-state index contributed by atoms with van der Waals surface area (Å²) in [5.41, 5.74) is 0.993. The molecule has 0 saturated carbocycles. The molecule has 0 atom stereocenters. The molecule has 1 N–H and O–H groups in total. The number of nitrogens with one attached hydrogen (secondary N) is 1. The van der Waals surface area contributed by atoms with Crippen molar-refractivity contribution in [1.82, 2.24) is 10.2 Å². The van der Waals surface area contributed by atoms with Crippen molar-refractivity contribution in [2.75, 3.05) is 5.32 Å². The lowest BCUT2D eigenvalue weighted by molar-refractivity contribution is 1.10. The summed E-state index contributed by atoms with van der Waals surface area (Å²) in [5.74, 6) is 0. The zero-order chi connectivity index (χ0) is 14.9. The fourth-order valence-electron chi connectivity index (χ4n) is 2.16. The number of rotatable bonds is 3. The number of anilines is 2. The topological polar surface area (TPSA) is 37.8 Å². The molecule has 22 heavy (non-hydrogen) atoms. The highest BCUT2D eigenvalue weighted by molar-refractivity contribution is 7.27. The van der Waals surface area contributed by atoms with Gasteiger partial charge in [-0.1, -0.05) is 59.3 Å². The molecule has 0 aliphatic rings. The first-order valence-corrected chi connectivity index (χ1v) is 8.65. The predicted molar refractivity (Wildman–Crippen MR) is 95.5 cm³/mol. The maximum absolute atomic E-state index is 6.49. The summed E-state index contributed by atoms with van der Waals surface area (Å²) in [5, 5.41) is 15.1. The number of thiophene rings is 1. The summed E-state index contributed by atoms with van der Waals surface area (Å²) in [4.78, 5) is 0.974. The Bertz CT molecular complexity index is 931. The van der Waals surface area contributed by atoms with E-state index in [1.165, 1.54) is 11.3 Å². The average Bonchev–Trinajstić information content (AvgIpc) is 3.14. The van der Waals surface area contributed by atoms with Gasteiger partial charge in [-0.25, -0.2) is 0 Å². The van der Waals surface area contributed by atoms with Crippen LogP contribution in [0.4, 0.5) is 10.8 Å². The number of hydrogen-bond donors (Lipinski definition) is 1. The second-order valence-corrected chi connectivity index (χ2v) is 7.05. The van der Waals surface area contributed by atoms with E-state index in [0.29, 0.717) is 0 Å². The molecule has 0 aliphatic heterocycles. The zero-order valence-electron chi connectivity index (χ0n) is 11.3. The second kappa shape index (κ2) is 5.68. The Kier molecular flexibility index (Phi) is 3.54. The van der Waals surface area contributed by atoms with E-state index in [1.807, 2.05) is 48.5 Å². The number of fused-ring (bicyclic) bond motifs is 1. The Morgan fingerprint density at radius 2 is 1.64 bits per heavy atom. The van der Waals surface area contributed by atoms with E-state index in [4.69, 9.17) is 11.6 Å². The molecule has 4 aromatic rings. The number of aromatic nitrogens is 2. The Morgan fingerprint density at radius 3 is 2.45 bits per heavy atom. The molecule has 0 aliphatic carbocycles. The highest BCUT2D eigenvalue weighted by Crippen LogP contribution is 2.43. The van der Waals surface area contributed by atoms with E-state index in [-0.39, 0.29) is 0 Å². The van der Waals surface area contributed by atoms with Crippen LogP contribution in [0.1, 0.15) is 0 Å². The molecule has 0 radical (unpaired) electrons. The number of para-hydroxylation sites is 1. The predicted octanol–water partition coefficient (Wildman–Crippen LogP) is 5.82. The lowest BCUT2D eigenvalue weighted by Crippen LogP contribution is -1.87. The van der Waals surface area contributed by atoms with Crippen LogP contribution in [-0.4, -0.2) is 10.2 Å². The fourth-order valence-corrected chi connectivity index (χ4v) is 4.58. The molecule has 3 nitrogen and oxygen atoms in total. The maximum atomic E-state index is 6.49. The summed E-state index contributed by atoms with van der Waals surface area (Å²) in [6.07, 6.45) is 0. The number of halogens is 1.